The van der Waals surface area contributed by atoms with Gasteiger partial charge in [-0.15, -0.1) is 0 Å². The number of rotatable bonds is 2. The zero-order valence-corrected chi connectivity index (χ0v) is 13.6. The molecule has 0 spiro atoms. The van der Waals surface area contributed by atoms with Crippen molar-refractivity contribution in [1.82, 2.24) is 14.7 Å². The third-order valence-electron chi connectivity index (χ3n) is 3.34. The minimum Gasteiger partial charge on any atom is -0.444 e. The molecule has 0 radical (unpaired) electrons. The van der Waals surface area contributed by atoms with E-state index in [0.29, 0.717) is 19.0 Å². The molecule has 0 aromatic carbocycles. The molecule has 0 saturated heterocycles. The van der Waals surface area contributed by atoms with Gasteiger partial charge in [0.2, 0.25) is 0 Å². The number of aromatic nitrogens is 2. The highest BCUT2D eigenvalue weighted by Crippen LogP contribution is 2.25. The van der Waals surface area contributed by atoms with Gasteiger partial charge in [-0.25, -0.2) is 9.48 Å². The summed E-state index contributed by atoms with van der Waals surface area (Å²) in [6.07, 6.45) is 0.448. The second-order valence-electron chi connectivity index (χ2n) is 7.04. The van der Waals surface area contributed by atoms with Crippen LogP contribution in [0.5, 0.6) is 0 Å². The Bertz CT molecular complexity index is 529. The first-order valence-electron chi connectivity index (χ1n) is 7.49. The van der Waals surface area contributed by atoms with Crippen LogP contribution in [0.25, 0.3) is 0 Å². The predicted octanol–water partition coefficient (Wildman–Crippen LogP) is 2.41. The van der Waals surface area contributed by atoms with Crippen molar-refractivity contribution in [2.45, 2.75) is 59.7 Å². The van der Waals surface area contributed by atoms with Crippen LogP contribution in [-0.2, 0) is 24.2 Å². The Labute approximate surface area is 126 Å². The fraction of sp³-hybridized carbons (Fsp3) is 0.733. The Kier molecular flexibility index (Phi) is 4.16. The number of anilines is 1. The maximum atomic E-state index is 12.1. The Hall–Kier alpha value is -1.72. The number of fused-ring (bicyclic) bond motifs is 1. The Morgan fingerprint density at radius 3 is 2.67 bits per heavy atom. The number of ether oxygens (including phenoxy) is 1. The van der Waals surface area contributed by atoms with Crippen molar-refractivity contribution in [1.29, 1.82) is 0 Å². The molecule has 118 valence electrons. The molecule has 0 saturated carbocycles. The summed E-state index contributed by atoms with van der Waals surface area (Å²) in [6, 6.07) is 0. The topological polar surface area (TPSA) is 73.4 Å². The van der Waals surface area contributed by atoms with Crippen molar-refractivity contribution >= 4 is 11.9 Å². The number of hydrogen-bond donors (Lipinski definition) is 1. The lowest BCUT2D eigenvalue weighted by atomic mass is 10.1. The number of nitrogens with two attached hydrogens (primary N) is 1. The zero-order chi connectivity index (χ0) is 15.8. The first-order chi connectivity index (χ1) is 9.67. The number of nitrogens with zero attached hydrogens (tertiary/aromatic N) is 3. The molecule has 0 unspecified atom stereocenters. The summed E-state index contributed by atoms with van der Waals surface area (Å²) in [6.45, 7) is 11.8. The molecule has 0 bridgehead atoms. The van der Waals surface area contributed by atoms with Gasteiger partial charge in [-0.1, -0.05) is 13.8 Å². The van der Waals surface area contributed by atoms with Crippen LogP contribution in [0, 0.1) is 5.92 Å². The number of nitrogen functional groups attached to an aromatic ring is 1. The smallest absolute Gasteiger partial charge is 0.410 e. The van der Waals surface area contributed by atoms with Gasteiger partial charge in [0.15, 0.2) is 0 Å². The van der Waals surface area contributed by atoms with Crippen molar-refractivity contribution in [3.8, 4) is 0 Å². The van der Waals surface area contributed by atoms with Crippen molar-refractivity contribution < 1.29 is 9.53 Å². The number of amides is 1. The molecular weight excluding hydrogens is 268 g/mol. The largest absolute Gasteiger partial charge is 0.444 e. The van der Waals surface area contributed by atoms with Crippen LogP contribution >= 0.6 is 0 Å². The molecule has 1 aromatic heterocycles. The number of carbonyl (C=O) groups excluding carboxylic acids is 1. The molecule has 0 fully saturated rings. The molecule has 2 rings (SSSR count). The second-order valence-corrected chi connectivity index (χ2v) is 7.04. The fourth-order valence-electron chi connectivity index (χ4n) is 2.44. The molecular formula is C15H26N4O2. The van der Waals surface area contributed by atoms with Gasteiger partial charge in [-0.05, 0) is 33.1 Å². The van der Waals surface area contributed by atoms with Gasteiger partial charge in [0, 0.05) is 18.7 Å². The van der Waals surface area contributed by atoms with Crippen molar-refractivity contribution in [2.24, 2.45) is 5.92 Å². The summed E-state index contributed by atoms with van der Waals surface area (Å²) in [5.74, 6) is 1.22. The molecule has 1 aromatic rings. The summed E-state index contributed by atoms with van der Waals surface area (Å²) in [7, 11) is 0. The van der Waals surface area contributed by atoms with E-state index in [1.807, 2.05) is 25.5 Å². The lowest BCUT2D eigenvalue weighted by molar-refractivity contribution is 0.0221. The first-order valence-corrected chi connectivity index (χ1v) is 7.49. The van der Waals surface area contributed by atoms with Crippen LogP contribution < -0.4 is 5.73 Å². The third kappa shape index (κ3) is 3.68. The molecule has 6 nitrogen and oxygen atoms in total. The second kappa shape index (κ2) is 5.58. The third-order valence-corrected chi connectivity index (χ3v) is 3.34. The molecule has 0 atom stereocenters. The van der Waals surface area contributed by atoms with E-state index in [1.165, 1.54) is 0 Å². The molecule has 6 heteroatoms. The van der Waals surface area contributed by atoms with E-state index in [9.17, 15) is 4.79 Å². The normalized spacial score (nSPS) is 15.2. The Morgan fingerprint density at radius 2 is 2.10 bits per heavy atom. The van der Waals surface area contributed by atoms with E-state index in [1.54, 1.807) is 4.90 Å². The first kappa shape index (κ1) is 15.7. The average Bonchev–Trinajstić information content (AvgIpc) is 2.63. The summed E-state index contributed by atoms with van der Waals surface area (Å²) >= 11 is 0. The minimum atomic E-state index is -0.479. The van der Waals surface area contributed by atoms with E-state index in [-0.39, 0.29) is 6.09 Å². The summed E-state index contributed by atoms with van der Waals surface area (Å²) in [4.78, 5) is 13.8. The van der Waals surface area contributed by atoms with E-state index < -0.39 is 5.60 Å². The predicted molar refractivity (Wildman–Crippen MR) is 81.8 cm³/mol. The monoisotopic (exact) mass is 294 g/mol. The average molecular weight is 294 g/mol. The Morgan fingerprint density at radius 1 is 1.43 bits per heavy atom. The fourth-order valence-corrected chi connectivity index (χ4v) is 2.44. The minimum absolute atomic E-state index is 0.287. The highest BCUT2D eigenvalue weighted by Gasteiger charge is 2.29. The molecule has 1 aliphatic rings. The lowest BCUT2D eigenvalue weighted by Crippen LogP contribution is -2.39. The van der Waals surface area contributed by atoms with Gasteiger partial charge in [0.05, 0.1) is 12.2 Å². The lowest BCUT2D eigenvalue weighted by Gasteiger charge is -2.29. The zero-order valence-electron chi connectivity index (χ0n) is 13.6. The summed E-state index contributed by atoms with van der Waals surface area (Å²) < 4.78 is 7.27. The van der Waals surface area contributed by atoms with Gasteiger partial charge < -0.3 is 15.4 Å². The molecule has 2 heterocycles. The van der Waals surface area contributed by atoms with Crippen LogP contribution in [0.2, 0.25) is 0 Å². The number of carbonyl (C=O) groups is 1. The van der Waals surface area contributed by atoms with Crippen LogP contribution in [0.1, 0.15) is 45.9 Å². The Balaban J connectivity index is 2.12. The van der Waals surface area contributed by atoms with Gasteiger partial charge in [0.1, 0.15) is 11.4 Å². The van der Waals surface area contributed by atoms with Crippen LogP contribution in [-0.4, -0.2) is 32.9 Å². The van der Waals surface area contributed by atoms with Crippen LogP contribution in [0.3, 0.4) is 0 Å². The quantitative estimate of drug-likeness (QED) is 0.909. The molecule has 1 aliphatic heterocycles. The molecule has 2 N–H and O–H groups in total. The van der Waals surface area contributed by atoms with Crippen molar-refractivity contribution in [3.05, 3.63) is 11.3 Å². The van der Waals surface area contributed by atoms with Gasteiger partial charge >= 0.3 is 6.09 Å². The van der Waals surface area contributed by atoms with Crippen molar-refractivity contribution in [3.63, 3.8) is 0 Å². The van der Waals surface area contributed by atoms with E-state index in [4.69, 9.17) is 10.5 Å². The standard InChI is InChI=1S/C15H26N4O2/c1-10(2)8-19-13(16)11-6-7-18(9-12(11)17-19)14(20)21-15(3,4)5/h10H,6-9,16H2,1-5H3. The van der Waals surface area contributed by atoms with E-state index in [2.05, 4.69) is 18.9 Å². The highest BCUT2D eigenvalue weighted by molar-refractivity contribution is 5.69. The van der Waals surface area contributed by atoms with Gasteiger partial charge in [-0.2, -0.15) is 5.10 Å². The maximum Gasteiger partial charge on any atom is 0.410 e. The van der Waals surface area contributed by atoms with E-state index in [0.717, 1.165) is 30.0 Å². The highest BCUT2D eigenvalue weighted by atomic mass is 16.6. The number of hydrogen-bond acceptors (Lipinski definition) is 4. The summed E-state index contributed by atoms with van der Waals surface area (Å²) in [5.41, 5.74) is 7.66. The van der Waals surface area contributed by atoms with Crippen molar-refractivity contribution in [2.75, 3.05) is 12.3 Å². The SMILES string of the molecule is CC(C)Cn1nc2c(c1N)CCN(C(=O)OC(C)(C)C)C2. The van der Waals surface area contributed by atoms with Crippen LogP contribution in [0.15, 0.2) is 0 Å². The summed E-state index contributed by atoms with van der Waals surface area (Å²) in [5, 5.41) is 4.56. The van der Waals surface area contributed by atoms with Gasteiger partial charge in [-0.3, -0.25) is 0 Å². The molecule has 0 aliphatic carbocycles. The van der Waals surface area contributed by atoms with Gasteiger partial charge in [0.25, 0.3) is 0 Å². The maximum absolute atomic E-state index is 12.1. The molecule has 21 heavy (non-hydrogen) atoms. The van der Waals surface area contributed by atoms with E-state index >= 15 is 0 Å². The van der Waals surface area contributed by atoms with Crippen LogP contribution in [0.4, 0.5) is 10.6 Å². The molecule has 1 amide bonds.